The SMILES string of the molecule is CC1(C)C=C(CNCCc2ccccc2)c2cc(Cl)ccc2O1. The number of hydrogen-bond acceptors (Lipinski definition) is 2. The van der Waals surface area contributed by atoms with Gasteiger partial charge in [-0.15, -0.1) is 0 Å². The van der Waals surface area contributed by atoms with Gasteiger partial charge in [-0.3, -0.25) is 0 Å². The topological polar surface area (TPSA) is 21.3 Å². The Labute approximate surface area is 143 Å². The molecular weight excluding hydrogens is 306 g/mol. The van der Waals surface area contributed by atoms with Gasteiger partial charge in [-0.1, -0.05) is 41.9 Å². The second kappa shape index (κ2) is 6.77. The van der Waals surface area contributed by atoms with Crippen molar-refractivity contribution in [3.8, 4) is 5.75 Å². The van der Waals surface area contributed by atoms with Crippen molar-refractivity contribution in [2.24, 2.45) is 0 Å². The van der Waals surface area contributed by atoms with Crippen LogP contribution in [0.5, 0.6) is 5.75 Å². The van der Waals surface area contributed by atoms with E-state index in [0.29, 0.717) is 0 Å². The second-order valence-electron chi connectivity index (χ2n) is 6.43. The average molecular weight is 328 g/mol. The highest BCUT2D eigenvalue weighted by molar-refractivity contribution is 6.30. The zero-order valence-corrected chi connectivity index (χ0v) is 14.4. The maximum Gasteiger partial charge on any atom is 0.128 e. The predicted octanol–water partition coefficient (Wildman–Crippen LogP) is 4.73. The molecule has 0 radical (unpaired) electrons. The van der Waals surface area contributed by atoms with Gasteiger partial charge in [0.2, 0.25) is 0 Å². The summed E-state index contributed by atoms with van der Waals surface area (Å²) in [5.74, 6) is 0.904. The molecule has 2 aromatic rings. The molecule has 1 aliphatic rings. The second-order valence-corrected chi connectivity index (χ2v) is 6.86. The van der Waals surface area contributed by atoms with Crippen LogP contribution in [0.3, 0.4) is 0 Å². The van der Waals surface area contributed by atoms with Gasteiger partial charge in [-0.2, -0.15) is 0 Å². The highest BCUT2D eigenvalue weighted by Crippen LogP contribution is 2.37. The van der Waals surface area contributed by atoms with Crippen LogP contribution in [-0.4, -0.2) is 18.7 Å². The minimum atomic E-state index is -0.294. The van der Waals surface area contributed by atoms with Gasteiger partial charge in [0.15, 0.2) is 0 Å². The lowest BCUT2D eigenvalue weighted by atomic mass is 9.94. The summed E-state index contributed by atoms with van der Waals surface area (Å²) < 4.78 is 6.02. The van der Waals surface area contributed by atoms with E-state index in [0.717, 1.165) is 35.8 Å². The summed E-state index contributed by atoms with van der Waals surface area (Å²) >= 11 is 6.15. The number of halogens is 1. The summed E-state index contributed by atoms with van der Waals surface area (Å²) in [6.07, 6.45) is 3.21. The number of nitrogens with one attached hydrogen (secondary N) is 1. The highest BCUT2D eigenvalue weighted by Gasteiger charge is 2.26. The fraction of sp³-hybridized carbons (Fsp3) is 0.300. The lowest BCUT2D eigenvalue weighted by Crippen LogP contribution is -2.31. The van der Waals surface area contributed by atoms with E-state index in [4.69, 9.17) is 16.3 Å². The van der Waals surface area contributed by atoms with Gasteiger partial charge in [0.1, 0.15) is 11.4 Å². The molecule has 120 valence electrons. The molecule has 2 aromatic carbocycles. The molecule has 0 saturated carbocycles. The molecule has 23 heavy (non-hydrogen) atoms. The standard InChI is InChI=1S/C20H22ClNO/c1-20(2)13-16(18-12-17(21)8-9-19(18)23-20)14-22-11-10-15-6-4-3-5-7-15/h3-9,12-13,22H,10-11,14H2,1-2H3. The number of hydrogen-bond donors (Lipinski definition) is 1. The maximum atomic E-state index is 6.15. The molecule has 1 aliphatic heterocycles. The Balaban J connectivity index is 1.66. The van der Waals surface area contributed by atoms with Gasteiger partial charge in [0.25, 0.3) is 0 Å². The zero-order chi connectivity index (χ0) is 16.3. The first-order chi connectivity index (χ1) is 11.0. The van der Waals surface area contributed by atoms with Gasteiger partial charge < -0.3 is 10.1 Å². The summed E-state index contributed by atoms with van der Waals surface area (Å²) in [6, 6.07) is 16.3. The predicted molar refractivity (Wildman–Crippen MR) is 97.2 cm³/mol. The van der Waals surface area contributed by atoms with Crippen LogP contribution in [0.25, 0.3) is 5.57 Å². The first-order valence-corrected chi connectivity index (χ1v) is 8.37. The largest absolute Gasteiger partial charge is 0.483 e. The van der Waals surface area contributed by atoms with E-state index in [1.165, 1.54) is 11.1 Å². The summed E-state index contributed by atoms with van der Waals surface area (Å²) in [7, 11) is 0. The van der Waals surface area contributed by atoms with Gasteiger partial charge in [0.05, 0.1) is 0 Å². The number of benzene rings is 2. The van der Waals surface area contributed by atoms with E-state index in [9.17, 15) is 0 Å². The minimum absolute atomic E-state index is 0.294. The van der Waals surface area contributed by atoms with Crippen LogP contribution in [-0.2, 0) is 6.42 Å². The van der Waals surface area contributed by atoms with E-state index >= 15 is 0 Å². The Morgan fingerprint density at radius 2 is 1.87 bits per heavy atom. The molecule has 1 heterocycles. The molecule has 0 amide bonds. The van der Waals surface area contributed by atoms with E-state index in [1.807, 2.05) is 24.3 Å². The molecule has 0 unspecified atom stereocenters. The van der Waals surface area contributed by atoms with Crippen LogP contribution in [0.2, 0.25) is 5.02 Å². The molecule has 2 nitrogen and oxygen atoms in total. The maximum absolute atomic E-state index is 6.15. The molecule has 3 rings (SSSR count). The Kier molecular flexibility index (Phi) is 4.74. The van der Waals surface area contributed by atoms with Crippen LogP contribution in [0, 0.1) is 0 Å². The van der Waals surface area contributed by atoms with Gasteiger partial charge in [0, 0.05) is 17.1 Å². The summed E-state index contributed by atoms with van der Waals surface area (Å²) in [5, 5.41) is 4.27. The highest BCUT2D eigenvalue weighted by atomic mass is 35.5. The van der Waals surface area contributed by atoms with Crippen molar-refractivity contribution >= 4 is 17.2 Å². The Hall–Kier alpha value is -1.77. The average Bonchev–Trinajstić information content (AvgIpc) is 2.52. The van der Waals surface area contributed by atoms with Crippen LogP contribution >= 0.6 is 11.6 Å². The Bertz CT molecular complexity index is 707. The van der Waals surface area contributed by atoms with E-state index in [-0.39, 0.29) is 5.60 Å². The Morgan fingerprint density at radius 3 is 2.65 bits per heavy atom. The van der Waals surface area contributed by atoms with Gasteiger partial charge in [-0.05, 0) is 62.2 Å². The van der Waals surface area contributed by atoms with Crippen LogP contribution in [0.15, 0.2) is 54.6 Å². The fourth-order valence-corrected chi connectivity index (χ4v) is 3.07. The van der Waals surface area contributed by atoms with Crippen molar-refractivity contribution in [3.63, 3.8) is 0 Å². The normalized spacial score (nSPS) is 15.5. The van der Waals surface area contributed by atoms with Crippen molar-refractivity contribution in [1.29, 1.82) is 0 Å². The van der Waals surface area contributed by atoms with E-state index in [1.54, 1.807) is 0 Å². The number of fused-ring (bicyclic) bond motifs is 1. The van der Waals surface area contributed by atoms with Crippen molar-refractivity contribution in [1.82, 2.24) is 5.32 Å². The first kappa shape index (κ1) is 16.1. The van der Waals surface area contributed by atoms with Crippen LogP contribution < -0.4 is 10.1 Å². The molecule has 1 N–H and O–H groups in total. The van der Waals surface area contributed by atoms with E-state index in [2.05, 4.69) is 49.5 Å². The molecule has 0 fully saturated rings. The Morgan fingerprint density at radius 1 is 1.09 bits per heavy atom. The smallest absolute Gasteiger partial charge is 0.128 e. The number of ether oxygens (including phenoxy) is 1. The third kappa shape index (κ3) is 4.15. The minimum Gasteiger partial charge on any atom is -0.483 e. The quantitative estimate of drug-likeness (QED) is 0.802. The monoisotopic (exact) mass is 327 g/mol. The molecular formula is C20H22ClNO. The zero-order valence-electron chi connectivity index (χ0n) is 13.6. The summed E-state index contributed by atoms with van der Waals surface area (Å²) in [4.78, 5) is 0. The molecule has 0 saturated heterocycles. The van der Waals surface area contributed by atoms with Crippen LogP contribution in [0.4, 0.5) is 0 Å². The van der Waals surface area contributed by atoms with Crippen molar-refractivity contribution in [2.45, 2.75) is 25.9 Å². The fourth-order valence-electron chi connectivity index (χ4n) is 2.90. The molecule has 0 aliphatic carbocycles. The summed E-state index contributed by atoms with van der Waals surface area (Å²) in [5.41, 5.74) is 3.39. The number of rotatable bonds is 5. The molecule has 0 spiro atoms. The molecule has 3 heteroatoms. The third-order valence-electron chi connectivity index (χ3n) is 3.93. The molecule has 0 aromatic heterocycles. The van der Waals surface area contributed by atoms with Gasteiger partial charge >= 0.3 is 0 Å². The first-order valence-electron chi connectivity index (χ1n) is 7.99. The molecule has 0 atom stereocenters. The molecule has 0 bridgehead atoms. The van der Waals surface area contributed by atoms with Crippen molar-refractivity contribution in [2.75, 3.05) is 13.1 Å². The van der Waals surface area contributed by atoms with Crippen molar-refractivity contribution in [3.05, 3.63) is 70.8 Å². The van der Waals surface area contributed by atoms with E-state index < -0.39 is 0 Å². The van der Waals surface area contributed by atoms with Crippen LogP contribution in [0.1, 0.15) is 25.0 Å². The lowest BCUT2D eigenvalue weighted by molar-refractivity contribution is 0.158. The van der Waals surface area contributed by atoms with Gasteiger partial charge in [-0.25, -0.2) is 0 Å². The van der Waals surface area contributed by atoms with Crippen molar-refractivity contribution < 1.29 is 4.74 Å². The summed E-state index contributed by atoms with van der Waals surface area (Å²) in [6.45, 7) is 5.91. The lowest BCUT2D eigenvalue weighted by Gasteiger charge is -2.31. The third-order valence-corrected chi connectivity index (χ3v) is 4.17.